The number of nitrogens with two attached hydrogens (primary N) is 1. The highest BCUT2D eigenvalue weighted by Gasteiger charge is 2.35. The van der Waals surface area contributed by atoms with Gasteiger partial charge in [-0.05, 0) is 44.4 Å². The molecule has 1 heterocycles. The van der Waals surface area contributed by atoms with Crippen molar-refractivity contribution in [2.75, 3.05) is 6.54 Å². The lowest BCUT2D eigenvalue weighted by molar-refractivity contribution is 0.197. The molecule has 2 atom stereocenters. The number of halogens is 1. The Morgan fingerprint density at radius 1 is 1.41 bits per heavy atom. The molecule has 0 bridgehead atoms. The third kappa shape index (κ3) is 2.56. The van der Waals surface area contributed by atoms with Gasteiger partial charge in [-0.25, -0.2) is 0 Å². The zero-order valence-electron chi connectivity index (χ0n) is 10.8. The highest BCUT2D eigenvalue weighted by atomic mass is 79.9. The summed E-state index contributed by atoms with van der Waals surface area (Å²) in [5.41, 5.74) is 8.89. The lowest BCUT2D eigenvalue weighted by Crippen LogP contribution is -2.36. The van der Waals surface area contributed by atoms with E-state index in [4.69, 9.17) is 5.73 Å². The molecule has 2 N–H and O–H groups in total. The van der Waals surface area contributed by atoms with Crippen molar-refractivity contribution in [3.8, 4) is 0 Å². The quantitative estimate of drug-likeness (QED) is 0.908. The van der Waals surface area contributed by atoms with Crippen LogP contribution in [0, 0.1) is 6.92 Å². The summed E-state index contributed by atoms with van der Waals surface area (Å²) in [5, 5.41) is 0. The Bertz CT molecular complexity index is 403. The van der Waals surface area contributed by atoms with Crippen molar-refractivity contribution in [3.05, 3.63) is 33.8 Å². The number of benzene rings is 1. The van der Waals surface area contributed by atoms with Gasteiger partial charge < -0.3 is 5.73 Å². The SMILES string of the molecule is Cc1ccc(C2C(N)CCN2C(C)C)c(Br)c1. The average Bonchev–Trinajstić information content (AvgIpc) is 2.60. The van der Waals surface area contributed by atoms with Crippen molar-refractivity contribution in [1.29, 1.82) is 0 Å². The van der Waals surface area contributed by atoms with E-state index in [0.717, 1.165) is 13.0 Å². The molecule has 1 aromatic rings. The minimum absolute atomic E-state index is 0.247. The molecule has 94 valence electrons. The smallest absolute Gasteiger partial charge is 0.0513 e. The summed E-state index contributed by atoms with van der Waals surface area (Å²) in [4.78, 5) is 2.50. The molecule has 2 nitrogen and oxygen atoms in total. The summed E-state index contributed by atoms with van der Waals surface area (Å²) in [6, 6.07) is 7.70. The van der Waals surface area contributed by atoms with E-state index in [0.29, 0.717) is 12.1 Å². The predicted octanol–water partition coefficient (Wildman–Crippen LogP) is 3.24. The summed E-state index contributed by atoms with van der Waals surface area (Å²) in [6.07, 6.45) is 1.09. The first-order chi connectivity index (χ1) is 8.00. The highest BCUT2D eigenvalue weighted by molar-refractivity contribution is 9.10. The monoisotopic (exact) mass is 296 g/mol. The van der Waals surface area contributed by atoms with Crippen LogP contribution in [0.25, 0.3) is 0 Å². The van der Waals surface area contributed by atoms with E-state index in [2.05, 4.69) is 59.8 Å². The molecule has 1 saturated heterocycles. The van der Waals surface area contributed by atoms with Crippen LogP contribution in [0.15, 0.2) is 22.7 Å². The Morgan fingerprint density at radius 2 is 2.12 bits per heavy atom. The maximum Gasteiger partial charge on any atom is 0.0513 e. The molecule has 0 amide bonds. The summed E-state index contributed by atoms with van der Waals surface area (Å²) >= 11 is 3.68. The Morgan fingerprint density at radius 3 is 2.71 bits per heavy atom. The Balaban J connectivity index is 2.36. The summed E-state index contributed by atoms with van der Waals surface area (Å²) in [7, 11) is 0. The second-order valence-electron chi connectivity index (χ2n) is 5.25. The van der Waals surface area contributed by atoms with Crippen LogP contribution in [-0.2, 0) is 0 Å². The molecule has 2 rings (SSSR count). The average molecular weight is 297 g/mol. The van der Waals surface area contributed by atoms with Crippen LogP contribution >= 0.6 is 15.9 Å². The van der Waals surface area contributed by atoms with Crippen molar-refractivity contribution in [2.24, 2.45) is 5.73 Å². The zero-order valence-corrected chi connectivity index (χ0v) is 12.4. The van der Waals surface area contributed by atoms with Crippen LogP contribution in [0.2, 0.25) is 0 Å². The molecular formula is C14H21BrN2. The molecular weight excluding hydrogens is 276 g/mol. The minimum Gasteiger partial charge on any atom is -0.326 e. The molecule has 0 saturated carbocycles. The first-order valence-electron chi connectivity index (χ1n) is 6.28. The van der Waals surface area contributed by atoms with Gasteiger partial charge in [0.2, 0.25) is 0 Å². The lowest BCUT2D eigenvalue weighted by Gasteiger charge is -2.31. The van der Waals surface area contributed by atoms with Gasteiger partial charge in [-0.2, -0.15) is 0 Å². The molecule has 3 heteroatoms. The van der Waals surface area contributed by atoms with Gasteiger partial charge in [-0.1, -0.05) is 28.1 Å². The number of likely N-dealkylation sites (tertiary alicyclic amines) is 1. The van der Waals surface area contributed by atoms with Crippen LogP contribution < -0.4 is 5.73 Å². The summed E-state index contributed by atoms with van der Waals surface area (Å²) < 4.78 is 1.19. The fraction of sp³-hybridized carbons (Fsp3) is 0.571. The summed E-state index contributed by atoms with van der Waals surface area (Å²) in [5.74, 6) is 0. The molecule has 1 aliphatic rings. The molecule has 1 aromatic carbocycles. The molecule has 0 spiro atoms. The zero-order chi connectivity index (χ0) is 12.6. The number of hydrogen-bond donors (Lipinski definition) is 1. The van der Waals surface area contributed by atoms with Gasteiger partial charge >= 0.3 is 0 Å². The maximum atomic E-state index is 6.28. The van der Waals surface area contributed by atoms with Crippen molar-refractivity contribution in [3.63, 3.8) is 0 Å². The molecule has 0 aliphatic carbocycles. The van der Waals surface area contributed by atoms with Gasteiger partial charge in [-0.15, -0.1) is 0 Å². The van der Waals surface area contributed by atoms with E-state index < -0.39 is 0 Å². The number of hydrogen-bond acceptors (Lipinski definition) is 2. The largest absolute Gasteiger partial charge is 0.326 e. The standard InChI is InChI=1S/C14H21BrN2/c1-9(2)17-7-6-13(16)14(17)11-5-4-10(3)8-12(11)15/h4-5,8-9,13-14H,6-7,16H2,1-3H3. The van der Waals surface area contributed by atoms with Crippen molar-refractivity contribution >= 4 is 15.9 Å². The van der Waals surface area contributed by atoms with Crippen molar-refractivity contribution < 1.29 is 0 Å². The van der Waals surface area contributed by atoms with Crippen molar-refractivity contribution in [2.45, 2.75) is 45.3 Å². The Labute approximate surface area is 112 Å². The van der Waals surface area contributed by atoms with Crippen LogP contribution in [0.3, 0.4) is 0 Å². The first-order valence-corrected chi connectivity index (χ1v) is 7.07. The lowest BCUT2D eigenvalue weighted by atomic mass is 9.99. The highest BCUT2D eigenvalue weighted by Crippen LogP contribution is 2.36. The van der Waals surface area contributed by atoms with Gasteiger partial charge in [0.15, 0.2) is 0 Å². The van der Waals surface area contributed by atoms with Gasteiger partial charge in [0.25, 0.3) is 0 Å². The minimum atomic E-state index is 0.247. The summed E-state index contributed by atoms with van der Waals surface area (Å²) in [6.45, 7) is 7.70. The van der Waals surface area contributed by atoms with Crippen LogP contribution in [-0.4, -0.2) is 23.5 Å². The van der Waals surface area contributed by atoms with Gasteiger partial charge in [0, 0.05) is 23.1 Å². The third-order valence-corrected chi connectivity index (χ3v) is 4.31. The van der Waals surface area contributed by atoms with Gasteiger partial charge in [-0.3, -0.25) is 4.90 Å². The van der Waals surface area contributed by atoms with Crippen LogP contribution in [0.4, 0.5) is 0 Å². The third-order valence-electron chi connectivity index (χ3n) is 3.62. The molecule has 1 fully saturated rings. The molecule has 1 aliphatic heterocycles. The number of rotatable bonds is 2. The first kappa shape index (κ1) is 13.1. The normalized spacial score (nSPS) is 25.8. The van der Waals surface area contributed by atoms with E-state index in [1.807, 2.05) is 0 Å². The van der Waals surface area contributed by atoms with Crippen molar-refractivity contribution in [1.82, 2.24) is 4.90 Å². The Hall–Kier alpha value is -0.380. The van der Waals surface area contributed by atoms with E-state index in [9.17, 15) is 0 Å². The van der Waals surface area contributed by atoms with E-state index in [1.54, 1.807) is 0 Å². The topological polar surface area (TPSA) is 29.3 Å². The van der Waals surface area contributed by atoms with E-state index in [-0.39, 0.29) is 6.04 Å². The second-order valence-corrected chi connectivity index (χ2v) is 6.11. The van der Waals surface area contributed by atoms with Crippen LogP contribution in [0.5, 0.6) is 0 Å². The van der Waals surface area contributed by atoms with Gasteiger partial charge in [0.1, 0.15) is 0 Å². The fourth-order valence-electron chi connectivity index (χ4n) is 2.70. The van der Waals surface area contributed by atoms with Gasteiger partial charge in [0.05, 0.1) is 6.04 Å². The molecule has 0 radical (unpaired) electrons. The van der Waals surface area contributed by atoms with Crippen LogP contribution in [0.1, 0.15) is 37.4 Å². The molecule has 0 aromatic heterocycles. The van der Waals surface area contributed by atoms with E-state index in [1.165, 1.54) is 15.6 Å². The number of aryl methyl sites for hydroxylation is 1. The second kappa shape index (κ2) is 5.09. The predicted molar refractivity (Wildman–Crippen MR) is 76.1 cm³/mol. The fourth-order valence-corrected chi connectivity index (χ4v) is 3.43. The van der Waals surface area contributed by atoms with E-state index >= 15 is 0 Å². The molecule has 17 heavy (non-hydrogen) atoms. The molecule has 2 unspecified atom stereocenters. The Kier molecular flexibility index (Phi) is 3.91. The number of nitrogens with zero attached hydrogens (tertiary/aromatic N) is 1. The maximum absolute atomic E-state index is 6.28.